The van der Waals surface area contributed by atoms with E-state index in [0.717, 1.165) is 51.2 Å². The molecular weight excluding hydrogens is 675 g/mol. The van der Waals surface area contributed by atoms with Crippen molar-refractivity contribution >= 4 is 84.5 Å². The topological polar surface area (TPSA) is 9.72 Å². The van der Waals surface area contributed by atoms with E-state index in [0.29, 0.717) is 0 Å². The molecule has 9 aromatic carbocycles. The lowest BCUT2D eigenvalue weighted by atomic mass is 10.1. The van der Waals surface area contributed by atoms with E-state index in [2.05, 4.69) is 227 Å². The number of hydrogen-bond acceptors (Lipinski definition) is 4. The zero-order chi connectivity index (χ0) is 35.8. The molecule has 0 unspecified atom stereocenters. The van der Waals surface area contributed by atoms with Crippen molar-refractivity contribution in [3.05, 3.63) is 212 Å². The average Bonchev–Trinajstić information content (AvgIpc) is 3.24. The maximum absolute atomic E-state index is 2.41. The Labute approximate surface area is 320 Å². The largest absolute Gasteiger partial charge is 0.310 e. The number of rotatable bonds is 7. The van der Waals surface area contributed by atoms with Crippen molar-refractivity contribution in [2.24, 2.45) is 0 Å². The quantitative estimate of drug-likeness (QED) is 0.163. The van der Waals surface area contributed by atoms with E-state index in [-0.39, 0.29) is 0 Å². The first-order valence-corrected chi connectivity index (χ1v) is 19.1. The highest BCUT2D eigenvalue weighted by Gasteiger charge is 2.28. The van der Waals surface area contributed by atoms with Crippen molar-refractivity contribution in [3.8, 4) is 0 Å². The molecule has 4 heteroatoms. The maximum atomic E-state index is 2.41. The lowest BCUT2D eigenvalue weighted by molar-refractivity contribution is 1.15. The first-order valence-electron chi connectivity index (χ1n) is 18.3. The minimum absolute atomic E-state index is 1.11. The normalized spacial score (nSPS) is 12.0. The molecular formula is C50H35N3S. The smallest absolute Gasteiger partial charge is 0.0603 e. The molecule has 0 spiro atoms. The molecule has 0 saturated heterocycles. The Bertz CT molecular complexity index is 2580. The molecule has 1 aliphatic heterocycles. The van der Waals surface area contributed by atoms with Gasteiger partial charge in [0.2, 0.25) is 0 Å². The standard InChI is InChI=1S/C50H35N3S/c1-4-20-38(21-5-1)51(45-28-14-18-36-16-10-12-26-43(36)45)41-30-32-47-49(34-41)54-50-35-42(31-33-48(50)53(47)40-24-8-3-9-25-40)52(39-22-6-2-7-23-39)46-29-15-19-37-17-11-13-27-44(37)46/h1-35H. The summed E-state index contributed by atoms with van der Waals surface area (Å²) < 4.78 is 0. The first kappa shape index (κ1) is 31.9. The monoisotopic (exact) mass is 709 g/mol. The van der Waals surface area contributed by atoms with Crippen molar-refractivity contribution < 1.29 is 0 Å². The molecule has 54 heavy (non-hydrogen) atoms. The van der Waals surface area contributed by atoms with Gasteiger partial charge in [-0.05, 0) is 95.7 Å². The van der Waals surface area contributed by atoms with Crippen LogP contribution >= 0.6 is 11.8 Å². The average molecular weight is 710 g/mol. The van der Waals surface area contributed by atoms with E-state index < -0.39 is 0 Å². The van der Waals surface area contributed by atoms with E-state index in [9.17, 15) is 0 Å². The second kappa shape index (κ2) is 13.7. The first-order chi connectivity index (χ1) is 26.8. The Hall–Kier alpha value is -6.75. The predicted molar refractivity (Wildman–Crippen MR) is 230 cm³/mol. The summed E-state index contributed by atoms with van der Waals surface area (Å²) in [6, 6.07) is 76.4. The van der Waals surface area contributed by atoms with Crippen LogP contribution in [0.2, 0.25) is 0 Å². The minimum Gasteiger partial charge on any atom is -0.310 e. The molecule has 0 radical (unpaired) electrons. The molecule has 0 aliphatic carbocycles. The highest BCUT2D eigenvalue weighted by molar-refractivity contribution is 7.99. The van der Waals surface area contributed by atoms with Gasteiger partial charge in [0.05, 0.1) is 22.7 Å². The number of anilines is 9. The summed E-state index contributed by atoms with van der Waals surface area (Å²) >= 11 is 1.84. The molecule has 1 heterocycles. The molecule has 256 valence electrons. The SMILES string of the molecule is c1ccc(N2c3ccc(N(c4ccccc4)c4cccc5ccccc45)cc3Sc3cc(N(c4ccccc4)c4cccc5ccccc45)ccc32)cc1. The third kappa shape index (κ3) is 5.65. The van der Waals surface area contributed by atoms with Crippen LogP contribution in [0.15, 0.2) is 222 Å². The number of hydrogen-bond donors (Lipinski definition) is 0. The molecule has 0 aromatic heterocycles. The highest BCUT2D eigenvalue weighted by atomic mass is 32.2. The molecule has 0 fully saturated rings. The summed E-state index contributed by atoms with van der Waals surface area (Å²) in [4.78, 5) is 9.57. The van der Waals surface area contributed by atoms with Crippen molar-refractivity contribution in [2.75, 3.05) is 14.7 Å². The zero-order valence-corrected chi connectivity index (χ0v) is 30.3. The molecule has 0 amide bonds. The predicted octanol–water partition coefficient (Wildman–Crippen LogP) is 14.9. The van der Waals surface area contributed by atoms with Gasteiger partial charge < -0.3 is 14.7 Å². The second-order valence-electron chi connectivity index (χ2n) is 13.4. The maximum Gasteiger partial charge on any atom is 0.0603 e. The van der Waals surface area contributed by atoms with Gasteiger partial charge in [0.15, 0.2) is 0 Å². The Balaban J connectivity index is 1.15. The Morgan fingerprint density at radius 3 is 1.22 bits per heavy atom. The summed E-state index contributed by atoms with van der Waals surface area (Å²) in [7, 11) is 0. The van der Waals surface area contributed by atoms with Gasteiger partial charge in [0.25, 0.3) is 0 Å². The summed E-state index contributed by atoms with van der Waals surface area (Å²) in [5.41, 5.74) is 10.2. The van der Waals surface area contributed by atoms with Crippen LogP contribution in [0, 0.1) is 0 Å². The van der Waals surface area contributed by atoms with Crippen LogP contribution in [0.5, 0.6) is 0 Å². The van der Waals surface area contributed by atoms with Crippen molar-refractivity contribution in [1.82, 2.24) is 0 Å². The molecule has 0 saturated carbocycles. The van der Waals surface area contributed by atoms with Gasteiger partial charge in [0, 0.05) is 49.0 Å². The van der Waals surface area contributed by atoms with Gasteiger partial charge in [-0.2, -0.15) is 0 Å². The Morgan fingerprint density at radius 2 is 0.741 bits per heavy atom. The number of para-hydroxylation sites is 3. The van der Waals surface area contributed by atoms with Gasteiger partial charge in [-0.15, -0.1) is 0 Å². The molecule has 3 nitrogen and oxygen atoms in total. The summed E-state index contributed by atoms with van der Waals surface area (Å²) in [6.45, 7) is 0. The summed E-state index contributed by atoms with van der Waals surface area (Å²) in [5, 5.41) is 4.86. The molecule has 1 aliphatic rings. The molecule has 0 N–H and O–H groups in total. The summed E-state index contributed by atoms with van der Waals surface area (Å²) in [6.07, 6.45) is 0. The van der Waals surface area contributed by atoms with Gasteiger partial charge >= 0.3 is 0 Å². The lowest BCUT2D eigenvalue weighted by Crippen LogP contribution is -2.17. The Morgan fingerprint density at radius 1 is 0.333 bits per heavy atom. The van der Waals surface area contributed by atoms with E-state index in [1.165, 1.54) is 31.3 Å². The fraction of sp³-hybridized carbons (Fsp3) is 0. The van der Waals surface area contributed by atoms with Crippen LogP contribution in [0.25, 0.3) is 21.5 Å². The van der Waals surface area contributed by atoms with Crippen LogP contribution in [0.1, 0.15) is 0 Å². The number of fused-ring (bicyclic) bond motifs is 4. The van der Waals surface area contributed by atoms with Crippen molar-refractivity contribution in [3.63, 3.8) is 0 Å². The molecule has 0 atom stereocenters. The van der Waals surface area contributed by atoms with Crippen LogP contribution in [-0.2, 0) is 0 Å². The third-order valence-electron chi connectivity index (χ3n) is 10.2. The van der Waals surface area contributed by atoms with Gasteiger partial charge in [-0.3, -0.25) is 0 Å². The van der Waals surface area contributed by atoms with E-state index >= 15 is 0 Å². The van der Waals surface area contributed by atoms with E-state index in [4.69, 9.17) is 0 Å². The highest BCUT2D eigenvalue weighted by Crippen LogP contribution is 2.55. The number of benzene rings is 9. The van der Waals surface area contributed by atoms with Crippen LogP contribution in [0.3, 0.4) is 0 Å². The zero-order valence-electron chi connectivity index (χ0n) is 29.5. The number of nitrogens with zero attached hydrogens (tertiary/aromatic N) is 3. The summed E-state index contributed by atoms with van der Waals surface area (Å²) in [5.74, 6) is 0. The van der Waals surface area contributed by atoms with E-state index in [1.807, 2.05) is 11.8 Å². The third-order valence-corrected chi connectivity index (χ3v) is 11.3. The lowest BCUT2D eigenvalue weighted by Gasteiger charge is -2.35. The fourth-order valence-corrected chi connectivity index (χ4v) is 8.86. The van der Waals surface area contributed by atoms with Crippen molar-refractivity contribution in [2.45, 2.75) is 9.79 Å². The molecule has 0 bridgehead atoms. The van der Waals surface area contributed by atoms with Crippen LogP contribution in [-0.4, -0.2) is 0 Å². The molecule has 10 rings (SSSR count). The minimum atomic E-state index is 1.11. The van der Waals surface area contributed by atoms with Crippen LogP contribution in [0.4, 0.5) is 51.2 Å². The van der Waals surface area contributed by atoms with Crippen LogP contribution < -0.4 is 14.7 Å². The van der Waals surface area contributed by atoms with Gasteiger partial charge in [0.1, 0.15) is 0 Å². The fourth-order valence-electron chi connectivity index (χ4n) is 7.74. The molecule has 9 aromatic rings. The van der Waals surface area contributed by atoms with Gasteiger partial charge in [-0.25, -0.2) is 0 Å². The van der Waals surface area contributed by atoms with Gasteiger partial charge in [-0.1, -0.05) is 139 Å². The van der Waals surface area contributed by atoms with E-state index in [1.54, 1.807) is 0 Å². The van der Waals surface area contributed by atoms with Crippen molar-refractivity contribution in [1.29, 1.82) is 0 Å². The second-order valence-corrected chi connectivity index (χ2v) is 14.5. The Kier molecular flexibility index (Phi) is 8.08.